The number of nitrogen functional groups attached to an aromatic ring is 1. The van der Waals surface area contributed by atoms with E-state index in [9.17, 15) is 0 Å². The molecule has 1 aliphatic rings. The molecule has 1 saturated carbocycles. The summed E-state index contributed by atoms with van der Waals surface area (Å²) in [4.78, 5) is 1.36. The molecule has 1 fully saturated rings. The monoisotopic (exact) mass is 193 g/mol. The third kappa shape index (κ3) is 2.41. The number of nitrogens with two attached hydrogens (primary N) is 1. The summed E-state index contributed by atoms with van der Waals surface area (Å²) in [7, 11) is 0. The number of hydrogen-bond acceptors (Lipinski definition) is 2. The molecule has 0 bridgehead atoms. The first kappa shape index (κ1) is 8.95. The second kappa shape index (κ2) is 4.05. The molecule has 1 nitrogen and oxygen atoms in total. The molecule has 0 aromatic heterocycles. The van der Waals surface area contributed by atoms with Gasteiger partial charge in [0.05, 0.1) is 0 Å². The van der Waals surface area contributed by atoms with E-state index < -0.39 is 0 Å². The number of hydrogen-bond donors (Lipinski definition) is 1. The van der Waals surface area contributed by atoms with Crippen LogP contribution in [0.15, 0.2) is 29.2 Å². The van der Waals surface area contributed by atoms with E-state index in [1.54, 1.807) is 0 Å². The van der Waals surface area contributed by atoms with Crippen molar-refractivity contribution in [2.45, 2.75) is 35.8 Å². The van der Waals surface area contributed by atoms with Crippen LogP contribution in [0.25, 0.3) is 0 Å². The van der Waals surface area contributed by atoms with Crippen molar-refractivity contribution in [3.63, 3.8) is 0 Å². The standard InChI is InChI=1S/C11H15NS/c12-9-5-7-11(8-6-9)13-10-3-1-2-4-10/h5-8,10H,1-4,12H2. The Bertz CT molecular complexity index is 262. The van der Waals surface area contributed by atoms with E-state index >= 15 is 0 Å². The molecule has 70 valence electrons. The summed E-state index contributed by atoms with van der Waals surface area (Å²) >= 11 is 2.00. The normalized spacial score (nSPS) is 17.8. The summed E-state index contributed by atoms with van der Waals surface area (Å²) in [6, 6.07) is 8.21. The van der Waals surface area contributed by atoms with Gasteiger partial charge in [0.1, 0.15) is 0 Å². The molecule has 0 aliphatic heterocycles. The minimum Gasteiger partial charge on any atom is -0.399 e. The summed E-state index contributed by atoms with van der Waals surface area (Å²) in [5.74, 6) is 0. The Kier molecular flexibility index (Phi) is 2.79. The van der Waals surface area contributed by atoms with E-state index in [4.69, 9.17) is 5.73 Å². The molecule has 0 radical (unpaired) electrons. The smallest absolute Gasteiger partial charge is 0.0314 e. The highest BCUT2D eigenvalue weighted by Crippen LogP contribution is 2.34. The van der Waals surface area contributed by atoms with Crippen LogP contribution in [0.4, 0.5) is 5.69 Å². The van der Waals surface area contributed by atoms with E-state index in [-0.39, 0.29) is 0 Å². The quantitative estimate of drug-likeness (QED) is 0.729. The molecule has 13 heavy (non-hydrogen) atoms. The van der Waals surface area contributed by atoms with Crippen molar-refractivity contribution in [3.8, 4) is 0 Å². The van der Waals surface area contributed by atoms with Crippen molar-refractivity contribution in [2.75, 3.05) is 5.73 Å². The van der Waals surface area contributed by atoms with Gasteiger partial charge in [0, 0.05) is 15.8 Å². The maximum atomic E-state index is 5.63. The third-order valence-corrected chi connectivity index (χ3v) is 3.83. The average Bonchev–Trinajstić information content (AvgIpc) is 2.62. The molecule has 0 saturated heterocycles. The zero-order valence-corrected chi connectivity index (χ0v) is 8.52. The number of benzene rings is 1. The molecule has 2 heteroatoms. The van der Waals surface area contributed by atoms with Crippen molar-refractivity contribution in [1.29, 1.82) is 0 Å². The molecule has 2 rings (SSSR count). The molecule has 0 amide bonds. The van der Waals surface area contributed by atoms with Gasteiger partial charge in [0.2, 0.25) is 0 Å². The highest BCUT2D eigenvalue weighted by Gasteiger charge is 2.15. The minimum atomic E-state index is 0.851. The fourth-order valence-corrected chi connectivity index (χ4v) is 2.99. The lowest BCUT2D eigenvalue weighted by atomic mass is 10.3. The van der Waals surface area contributed by atoms with E-state index in [0.29, 0.717) is 0 Å². The van der Waals surface area contributed by atoms with Gasteiger partial charge in [-0.15, -0.1) is 11.8 Å². The fraction of sp³-hybridized carbons (Fsp3) is 0.455. The molecule has 0 atom stereocenters. The van der Waals surface area contributed by atoms with E-state index in [2.05, 4.69) is 12.1 Å². The van der Waals surface area contributed by atoms with Gasteiger partial charge in [0.25, 0.3) is 0 Å². The van der Waals surface area contributed by atoms with Crippen molar-refractivity contribution in [1.82, 2.24) is 0 Å². The van der Waals surface area contributed by atoms with Crippen molar-refractivity contribution in [3.05, 3.63) is 24.3 Å². The highest BCUT2D eigenvalue weighted by molar-refractivity contribution is 8.00. The Balaban J connectivity index is 1.97. The number of anilines is 1. The van der Waals surface area contributed by atoms with Crippen molar-refractivity contribution >= 4 is 17.4 Å². The van der Waals surface area contributed by atoms with Crippen LogP contribution in [0, 0.1) is 0 Å². The lowest BCUT2D eigenvalue weighted by Gasteiger charge is -2.08. The Morgan fingerprint density at radius 3 is 2.31 bits per heavy atom. The predicted molar refractivity (Wildman–Crippen MR) is 59.0 cm³/mol. The molecular weight excluding hydrogens is 178 g/mol. The van der Waals surface area contributed by atoms with Crippen LogP contribution in [0.2, 0.25) is 0 Å². The van der Waals surface area contributed by atoms with Gasteiger partial charge in [-0.2, -0.15) is 0 Å². The first-order valence-corrected chi connectivity index (χ1v) is 5.75. The van der Waals surface area contributed by atoms with Gasteiger partial charge >= 0.3 is 0 Å². The lowest BCUT2D eigenvalue weighted by Crippen LogP contribution is -1.93. The molecule has 0 spiro atoms. The molecule has 2 N–H and O–H groups in total. The first-order chi connectivity index (χ1) is 6.34. The SMILES string of the molecule is Nc1ccc(SC2CCCC2)cc1. The van der Waals surface area contributed by atoms with Gasteiger partial charge in [-0.05, 0) is 37.1 Å². The largest absolute Gasteiger partial charge is 0.399 e. The zero-order chi connectivity index (χ0) is 9.10. The van der Waals surface area contributed by atoms with E-state index in [0.717, 1.165) is 10.9 Å². The summed E-state index contributed by atoms with van der Waals surface area (Å²) in [6.45, 7) is 0. The topological polar surface area (TPSA) is 26.0 Å². The fourth-order valence-electron chi connectivity index (χ4n) is 1.75. The second-order valence-electron chi connectivity index (χ2n) is 3.59. The Morgan fingerprint density at radius 2 is 1.69 bits per heavy atom. The maximum absolute atomic E-state index is 5.63. The molecule has 0 heterocycles. The summed E-state index contributed by atoms with van der Waals surface area (Å²) in [5, 5.41) is 0.851. The van der Waals surface area contributed by atoms with Gasteiger partial charge in [0.15, 0.2) is 0 Å². The van der Waals surface area contributed by atoms with Gasteiger partial charge in [-0.25, -0.2) is 0 Å². The molecule has 1 aromatic rings. The van der Waals surface area contributed by atoms with Crippen LogP contribution in [0.5, 0.6) is 0 Å². The predicted octanol–water partition coefficient (Wildman–Crippen LogP) is 3.30. The lowest BCUT2D eigenvalue weighted by molar-refractivity contribution is 0.886. The van der Waals surface area contributed by atoms with Crippen LogP contribution in [0.1, 0.15) is 25.7 Å². The minimum absolute atomic E-state index is 0.851. The van der Waals surface area contributed by atoms with E-state index in [1.165, 1.54) is 30.6 Å². The van der Waals surface area contributed by atoms with Gasteiger partial charge in [-0.1, -0.05) is 12.8 Å². The Morgan fingerprint density at radius 1 is 1.08 bits per heavy atom. The Labute approximate surface area is 83.7 Å². The van der Waals surface area contributed by atoms with Crippen molar-refractivity contribution < 1.29 is 0 Å². The molecule has 1 aromatic carbocycles. The van der Waals surface area contributed by atoms with Gasteiger partial charge < -0.3 is 5.73 Å². The van der Waals surface area contributed by atoms with Gasteiger partial charge in [-0.3, -0.25) is 0 Å². The van der Waals surface area contributed by atoms with Crippen molar-refractivity contribution in [2.24, 2.45) is 0 Å². The first-order valence-electron chi connectivity index (χ1n) is 4.87. The number of thioether (sulfide) groups is 1. The third-order valence-electron chi connectivity index (χ3n) is 2.49. The van der Waals surface area contributed by atoms with Crippen LogP contribution < -0.4 is 5.73 Å². The summed E-state index contributed by atoms with van der Waals surface area (Å²) in [6.07, 6.45) is 5.59. The molecular formula is C11H15NS. The molecule has 1 aliphatic carbocycles. The summed E-state index contributed by atoms with van der Waals surface area (Å²) < 4.78 is 0. The molecule has 0 unspecified atom stereocenters. The maximum Gasteiger partial charge on any atom is 0.0314 e. The Hall–Kier alpha value is -0.630. The summed E-state index contributed by atoms with van der Waals surface area (Å²) in [5.41, 5.74) is 6.48. The van der Waals surface area contributed by atoms with E-state index in [1.807, 2.05) is 23.9 Å². The average molecular weight is 193 g/mol. The van der Waals surface area contributed by atoms with Crippen LogP contribution in [0.3, 0.4) is 0 Å². The second-order valence-corrected chi connectivity index (χ2v) is 4.97. The van der Waals surface area contributed by atoms with Crippen LogP contribution in [-0.4, -0.2) is 5.25 Å². The highest BCUT2D eigenvalue weighted by atomic mass is 32.2. The van der Waals surface area contributed by atoms with Crippen LogP contribution in [-0.2, 0) is 0 Å². The number of rotatable bonds is 2. The zero-order valence-electron chi connectivity index (χ0n) is 7.70. The van der Waals surface area contributed by atoms with Crippen LogP contribution >= 0.6 is 11.8 Å².